The number of anilines is 1. The highest BCUT2D eigenvalue weighted by molar-refractivity contribution is 7.99. The summed E-state index contributed by atoms with van der Waals surface area (Å²) < 4.78 is 14.1. The zero-order valence-electron chi connectivity index (χ0n) is 17.4. The van der Waals surface area contributed by atoms with Gasteiger partial charge in [0, 0.05) is 22.5 Å². The van der Waals surface area contributed by atoms with Crippen LogP contribution in [0.15, 0.2) is 65.7 Å². The molecular formula is C24H21ClFN3OS2. The van der Waals surface area contributed by atoms with Crippen LogP contribution in [0.2, 0.25) is 5.02 Å². The maximum atomic E-state index is 13.2. The first-order valence-corrected chi connectivity index (χ1v) is 12.3. The van der Waals surface area contributed by atoms with Gasteiger partial charge in [-0.2, -0.15) is 0 Å². The van der Waals surface area contributed by atoms with Crippen LogP contribution in [0.3, 0.4) is 0 Å². The number of hydrogen-bond acceptors (Lipinski definition) is 5. The molecule has 0 bridgehead atoms. The van der Waals surface area contributed by atoms with Gasteiger partial charge < -0.3 is 0 Å². The fourth-order valence-electron chi connectivity index (χ4n) is 3.20. The molecule has 0 unspecified atom stereocenters. The van der Waals surface area contributed by atoms with Crippen LogP contribution in [-0.2, 0) is 11.3 Å². The van der Waals surface area contributed by atoms with Crippen LogP contribution in [0.5, 0.6) is 0 Å². The lowest BCUT2D eigenvalue weighted by atomic mass is 10.2. The molecule has 0 N–H and O–H groups in total. The lowest BCUT2D eigenvalue weighted by molar-refractivity contribution is -0.118. The number of amides is 1. The Morgan fingerprint density at radius 2 is 1.97 bits per heavy atom. The Balaban J connectivity index is 1.49. The van der Waals surface area contributed by atoms with Crippen LogP contribution in [-0.4, -0.2) is 21.6 Å². The van der Waals surface area contributed by atoms with E-state index < -0.39 is 0 Å². The SMILES string of the molecule is Cc1c(Cl)ccc2sc(N(Cc3ccccn3)C(=O)CCCSc3ccc(F)cc3)nc12. The number of halogens is 2. The van der Waals surface area contributed by atoms with Gasteiger partial charge in [0.15, 0.2) is 5.13 Å². The molecule has 0 atom stereocenters. The van der Waals surface area contributed by atoms with Gasteiger partial charge in [0.2, 0.25) is 5.91 Å². The van der Waals surface area contributed by atoms with Crippen molar-refractivity contribution >= 4 is 56.0 Å². The van der Waals surface area contributed by atoms with E-state index in [-0.39, 0.29) is 11.7 Å². The number of nitrogens with zero attached hydrogens (tertiary/aromatic N) is 3. The Bertz CT molecular complexity index is 1220. The Labute approximate surface area is 199 Å². The number of thiazole rings is 1. The number of thioether (sulfide) groups is 1. The molecule has 2 aromatic carbocycles. The minimum Gasteiger partial charge on any atom is -0.282 e. The zero-order valence-corrected chi connectivity index (χ0v) is 19.8. The number of fused-ring (bicyclic) bond motifs is 1. The van der Waals surface area contributed by atoms with E-state index in [2.05, 4.69) is 4.98 Å². The van der Waals surface area contributed by atoms with E-state index in [9.17, 15) is 9.18 Å². The van der Waals surface area contributed by atoms with Crippen molar-refractivity contribution in [3.8, 4) is 0 Å². The van der Waals surface area contributed by atoms with Gasteiger partial charge in [-0.1, -0.05) is 29.0 Å². The first-order chi connectivity index (χ1) is 15.5. The van der Waals surface area contributed by atoms with Crippen LogP contribution in [0, 0.1) is 12.7 Å². The largest absolute Gasteiger partial charge is 0.282 e. The third kappa shape index (κ3) is 5.46. The summed E-state index contributed by atoms with van der Waals surface area (Å²) in [6.45, 7) is 2.29. The predicted molar refractivity (Wildman–Crippen MR) is 131 cm³/mol. The molecule has 0 aliphatic rings. The average Bonchev–Trinajstić information content (AvgIpc) is 3.24. The summed E-state index contributed by atoms with van der Waals surface area (Å²) >= 11 is 9.36. The van der Waals surface area contributed by atoms with Crippen molar-refractivity contribution in [2.45, 2.75) is 31.2 Å². The molecule has 0 aliphatic carbocycles. The van der Waals surface area contributed by atoms with Crippen molar-refractivity contribution in [3.63, 3.8) is 0 Å². The van der Waals surface area contributed by atoms with Crippen molar-refractivity contribution in [2.24, 2.45) is 0 Å². The molecule has 2 aromatic heterocycles. The highest BCUT2D eigenvalue weighted by Gasteiger charge is 2.21. The molecule has 0 spiro atoms. The average molecular weight is 486 g/mol. The van der Waals surface area contributed by atoms with Gasteiger partial charge in [-0.15, -0.1) is 11.8 Å². The number of hydrogen-bond donors (Lipinski definition) is 0. The topological polar surface area (TPSA) is 46.1 Å². The lowest BCUT2D eigenvalue weighted by Gasteiger charge is -2.19. The van der Waals surface area contributed by atoms with Crippen LogP contribution in [0.25, 0.3) is 10.2 Å². The Kier molecular flexibility index (Phi) is 7.40. The Morgan fingerprint density at radius 3 is 2.72 bits per heavy atom. The standard InChI is InChI=1S/C24H21ClFN3OS2/c1-16-20(25)11-12-21-23(16)28-24(32-21)29(15-18-5-2-3-13-27-18)22(30)6-4-14-31-19-9-7-17(26)8-10-19/h2-3,5,7-13H,4,6,14-15H2,1H3. The molecule has 0 saturated carbocycles. The highest BCUT2D eigenvalue weighted by Crippen LogP contribution is 2.34. The minimum absolute atomic E-state index is 0.00170. The fraction of sp³-hybridized carbons (Fsp3) is 0.208. The van der Waals surface area contributed by atoms with Crippen LogP contribution < -0.4 is 4.90 Å². The molecule has 32 heavy (non-hydrogen) atoms. The van der Waals surface area contributed by atoms with E-state index in [0.29, 0.717) is 29.5 Å². The smallest absolute Gasteiger partial charge is 0.229 e. The number of aromatic nitrogens is 2. The third-order valence-corrected chi connectivity index (χ3v) is 7.48. The highest BCUT2D eigenvalue weighted by atomic mass is 35.5. The summed E-state index contributed by atoms with van der Waals surface area (Å²) in [5, 5.41) is 1.31. The number of carbonyl (C=O) groups is 1. The quantitative estimate of drug-likeness (QED) is 0.201. The first kappa shape index (κ1) is 22.7. The van der Waals surface area contributed by atoms with Gasteiger partial charge in [-0.25, -0.2) is 9.37 Å². The molecule has 4 rings (SSSR count). The van der Waals surface area contributed by atoms with Gasteiger partial charge in [0.05, 0.1) is 22.5 Å². The second-order valence-corrected chi connectivity index (χ2v) is 9.81. The summed E-state index contributed by atoms with van der Waals surface area (Å²) in [7, 11) is 0. The van der Waals surface area contributed by atoms with E-state index in [1.807, 2.05) is 37.3 Å². The molecule has 164 valence electrons. The Morgan fingerprint density at radius 1 is 1.16 bits per heavy atom. The zero-order chi connectivity index (χ0) is 22.5. The van der Waals surface area contributed by atoms with Crippen molar-refractivity contribution < 1.29 is 9.18 Å². The lowest BCUT2D eigenvalue weighted by Crippen LogP contribution is -2.30. The number of benzene rings is 2. The first-order valence-electron chi connectivity index (χ1n) is 10.2. The fourth-order valence-corrected chi connectivity index (χ4v) is 5.25. The van der Waals surface area contributed by atoms with E-state index in [1.54, 1.807) is 35.0 Å². The minimum atomic E-state index is -0.248. The molecular weight excluding hydrogens is 465 g/mol. The van der Waals surface area contributed by atoms with Gasteiger partial charge in [0.25, 0.3) is 0 Å². The second kappa shape index (κ2) is 10.4. The van der Waals surface area contributed by atoms with Crippen molar-refractivity contribution in [3.05, 3.63) is 82.9 Å². The predicted octanol–water partition coefficient (Wildman–Crippen LogP) is 6.90. The number of aryl methyl sites for hydroxylation is 1. The van der Waals surface area contributed by atoms with Gasteiger partial charge >= 0.3 is 0 Å². The molecule has 0 aliphatic heterocycles. The van der Waals surface area contributed by atoms with Gasteiger partial charge in [-0.05, 0) is 73.2 Å². The summed E-state index contributed by atoms with van der Waals surface area (Å²) in [6, 6.07) is 15.9. The van der Waals surface area contributed by atoms with Crippen LogP contribution in [0.1, 0.15) is 24.1 Å². The third-order valence-electron chi connectivity index (χ3n) is 4.93. The molecule has 0 fully saturated rings. The molecule has 0 saturated heterocycles. The normalized spacial score (nSPS) is 11.1. The number of rotatable bonds is 8. The maximum absolute atomic E-state index is 13.2. The van der Waals surface area contributed by atoms with Crippen molar-refractivity contribution in [2.75, 3.05) is 10.7 Å². The molecule has 4 aromatic rings. The molecule has 0 radical (unpaired) electrons. The van der Waals surface area contributed by atoms with Crippen LogP contribution in [0.4, 0.5) is 9.52 Å². The monoisotopic (exact) mass is 485 g/mol. The summed E-state index contributed by atoms with van der Waals surface area (Å²) in [5.41, 5.74) is 2.53. The van der Waals surface area contributed by atoms with Crippen molar-refractivity contribution in [1.29, 1.82) is 0 Å². The molecule has 1 amide bonds. The van der Waals surface area contributed by atoms with Crippen LogP contribution >= 0.6 is 34.7 Å². The van der Waals surface area contributed by atoms with E-state index in [1.165, 1.54) is 23.5 Å². The molecule has 2 heterocycles. The number of carbonyl (C=O) groups excluding carboxylic acids is 1. The van der Waals surface area contributed by atoms with E-state index in [0.717, 1.165) is 32.1 Å². The second-order valence-electron chi connectivity index (χ2n) is 7.22. The van der Waals surface area contributed by atoms with Crippen molar-refractivity contribution in [1.82, 2.24) is 9.97 Å². The maximum Gasteiger partial charge on any atom is 0.229 e. The van der Waals surface area contributed by atoms with Gasteiger partial charge in [-0.3, -0.25) is 14.7 Å². The summed E-state index contributed by atoms with van der Waals surface area (Å²) in [6.07, 6.45) is 2.81. The van der Waals surface area contributed by atoms with Gasteiger partial charge in [0.1, 0.15) is 5.82 Å². The Hall–Kier alpha value is -2.48. The van der Waals surface area contributed by atoms with E-state index in [4.69, 9.17) is 16.6 Å². The number of pyridine rings is 1. The molecule has 8 heteroatoms. The summed E-state index contributed by atoms with van der Waals surface area (Å²) in [5.74, 6) is 0.517. The summed E-state index contributed by atoms with van der Waals surface area (Å²) in [4.78, 5) is 25.0. The molecule has 4 nitrogen and oxygen atoms in total. The van der Waals surface area contributed by atoms with E-state index >= 15 is 0 Å².